The van der Waals surface area contributed by atoms with Gasteiger partial charge in [0.2, 0.25) is 0 Å². The first-order chi connectivity index (χ1) is 9.97. The molecule has 1 aromatic heterocycles. The molecule has 0 amide bonds. The second-order valence-corrected chi connectivity index (χ2v) is 6.43. The maximum Gasteiger partial charge on any atom is 0.188 e. The van der Waals surface area contributed by atoms with Crippen LogP contribution in [-0.4, -0.2) is 28.3 Å². The quantitative estimate of drug-likeness (QED) is 0.543. The van der Waals surface area contributed by atoms with Gasteiger partial charge in [-0.1, -0.05) is 33.6 Å². The molecule has 0 saturated heterocycles. The van der Waals surface area contributed by atoms with Crippen molar-refractivity contribution in [1.82, 2.24) is 15.1 Å². The molecule has 21 heavy (non-hydrogen) atoms. The minimum absolute atomic E-state index is 0.383. The predicted octanol–water partition coefficient (Wildman–Crippen LogP) is 2.64. The van der Waals surface area contributed by atoms with Gasteiger partial charge >= 0.3 is 0 Å². The lowest BCUT2D eigenvalue weighted by Gasteiger charge is -2.16. The van der Waals surface area contributed by atoms with Gasteiger partial charge in [0.1, 0.15) is 0 Å². The Bertz CT molecular complexity index is 397. The summed E-state index contributed by atoms with van der Waals surface area (Å²) in [5.74, 6) is 1.74. The van der Waals surface area contributed by atoms with Crippen LogP contribution in [0.4, 0.5) is 0 Å². The van der Waals surface area contributed by atoms with Crippen molar-refractivity contribution >= 4 is 5.96 Å². The normalized spacial score (nSPS) is 15.2. The molecule has 3 N–H and O–H groups in total. The number of aromatic nitrogens is 2. The predicted molar refractivity (Wildman–Crippen MR) is 89.2 cm³/mol. The number of rotatable bonds is 9. The van der Waals surface area contributed by atoms with Crippen LogP contribution >= 0.6 is 0 Å². The molecule has 0 aliphatic heterocycles. The van der Waals surface area contributed by atoms with Gasteiger partial charge in [-0.05, 0) is 31.2 Å². The molecule has 2 unspecified atom stereocenters. The third-order valence-electron chi connectivity index (χ3n) is 3.44. The van der Waals surface area contributed by atoms with Gasteiger partial charge in [0.15, 0.2) is 5.96 Å². The fraction of sp³-hybridized carbons (Fsp3) is 0.750. The topological polar surface area (TPSA) is 68.2 Å². The number of nitrogens with zero attached hydrogens (tertiary/aromatic N) is 3. The van der Waals surface area contributed by atoms with Crippen LogP contribution in [0.3, 0.4) is 0 Å². The molecule has 5 nitrogen and oxygen atoms in total. The molecule has 0 bridgehead atoms. The molecule has 0 fully saturated rings. The Hall–Kier alpha value is -1.52. The molecule has 1 rings (SSSR count). The van der Waals surface area contributed by atoms with E-state index in [1.807, 2.05) is 16.9 Å². The van der Waals surface area contributed by atoms with Gasteiger partial charge in [-0.3, -0.25) is 9.67 Å². The highest BCUT2D eigenvalue weighted by Crippen LogP contribution is 2.08. The lowest BCUT2D eigenvalue weighted by Crippen LogP contribution is -2.38. The molecule has 120 valence electrons. The molecule has 0 aliphatic rings. The summed E-state index contributed by atoms with van der Waals surface area (Å²) in [6.07, 6.45) is 7.40. The van der Waals surface area contributed by atoms with E-state index in [2.05, 4.69) is 43.1 Å². The SMILES string of the molecule is CC(C)CCCC(C)NC(N)=NCC(C)Cn1cccn1. The van der Waals surface area contributed by atoms with Gasteiger partial charge in [0.25, 0.3) is 0 Å². The molecule has 2 atom stereocenters. The van der Waals surface area contributed by atoms with Gasteiger partial charge in [-0.25, -0.2) is 0 Å². The molecule has 1 aromatic rings. The summed E-state index contributed by atoms with van der Waals surface area (Å²) in [6, 6.07) is 2.32. The average molecular weight is 293 g/mol. The summed E-state index contributed by atoms with van der Waals surface area (Å²) in [4.78, 5) is 4.43. The second-order valence-electron chi connectivity index (χ2n) is 6.43. The van der Waals surface area contributed by atoms with E-state index in [9.17, 15) is 0 Å². The van der Waals surface area contributed by atoms with E-state index in [0.29, 0.717) is 17.9 Å². The fourth-order valence-electron chi connectivity index (χ4n) is 2.24. The van der Waals surface area contributed by atoms with Crippen molar-refractivity contribution in [1.29, 1.82) is 0 Å². The van der Waals surface area contributed by atoms with Crippen molar-refractivity contribution in [2.24, 2.45) is 22.6 Å². The van der Waals surface area contributed by atoms with E-state index < -0.39 is 0 Å². The Morgan fingerprint density at radius 2 is 2.05 bits per heavy atom. The van der Waals surface area contributed by atoms with Crippen molar-refractivity contribution in [2.45, 2.75) is 59.5 Å². The van der Waals surface area contributed by atoms with E-state index in [-0.39, 0.29) is 0 Å². The van der Waals surface area contributed by atoms with E-state index in [0.717, 1.165) is 25.4 Å². The molecular weight excluding hydrogens is 262 g/mol. The highest BCUT2D eigenvalue weighted by molar-refractivity contribution is 5.78. The molecule has 0 aliphatic carbocycles. The molecule has 1 heterocycles. The zero-order chi connectivity index (χ0) is 15.7. The highest BCUT2D eigenvalue weighted by Gasteiger charge is 2.06. The van der Waals surface area contributed by atoms with Crippen LogP contribution < -0.4 is 11.1 Å². The third-order valence-corrected chi connectivity index (χ3v) is 3.44. The summed E-state index contributed by atoms with van der Waals surface area (Å²) in [5, 5.41) is 7.47. The monoisotopic (exact) mass is 293 g/mol. The van der Waals surface area contributed by atoms with Crippen molar-refractivity contribution in [3.8, 4) is 0 Å². The summed E-state index contributed by atoms with van der Waals surface area (Å²) < 4.78 is 1.93. The zero-order valence-corrected chi connectivity index (χ0v) is 13.9. The highest BCUT2D eigenvalue weighted by atomic mass is 15.3. The van der Waals surface area contributed by atoms with Crippen LogP contribution in [0.1, 0.15) is 47.0 Å². The van der Waals surface area contributed by atoms with Gasteiger partial charge in [-0.15, -0.1) is 0 Å². The average Bonchev–Trinajstić information content (AvgIpc) is 2.88. The first kappa shape index (κ1) is 17.5. The van der Waals surface area contributed by atoms with E-state index >= 15 is 0 Å². The van der Waals surface area contributed by atoms with Crippen molar-refractivity contribution < 1.29 is 0 Å². The summed E-state index contributed by atoms with van der Waals surface area (Å²) in [5.41, 5.74) is 5.94. The van der Waals surface area contributed by atoms with Gasteiger partial charge in [0.05, 0.1) is 0 Å². The lowest BCUT2D eigenvalue weighted by molar-refractivity contribution is 0.457. The Morgan fingerprint density at radius 3 is 2.67 bits per heavy atom. The van der Waals surface area contributed by atoms with E-state index in [1.54, 1.807) is 6.20 Å². The number of aliphatic imine (C=N–C) groups is 1. The van der Waals surface area contributed by atoms with Crippen LogP contribution in [0.25, 0.3) is 0 Å². The first-order valence-electron chi connectivity index (χ1n) is 8.01. The number of hydrogen-bond donors (Lipinski definition) is 2. The van der Waals surface area contributed by atoms with E-state index in [1.165, 1.54) is 12.8 Å². The standard InChI is InChI=1S/C16H31N5/c1-13(2)7-5-8-15(4)20-16(17)18-11-14(3)12-21-10-6-9-19-21/h6,9-10,13-15H,5,7-8,11-12H2,1-4H3,(H3,17,18,20). The second kappa shape index (κ2) is 9.42. The Balaban J connectivity index is 2.22. The zero-order valence-electron chi connectivity index (χ0n) is 13.9. The Labute approximate surface area is 129 Å². The minimum Gasteiger partial charge on any atom is -0.370 e. The summed E-state index contributed by atoms with van der Waals surface area (Å²) in [7, 11) is 0. The number of guanidine groups is 1. The van der Waals surface area contributed by atoms with Crippen molar-refractivity contribution in [3.63, 3.8) is 0 Å². The number of hydrogen-bond acceptors (Lipinski definition) is 2. The third kappa shape index (κ3) is 8.38. The Morgan fingerprint density at radius 1 is 1.29 bits per heavy atom. The molecule has 0 radical (unpaired) electrons. The smallest absolute Gasteiger partial charge is 0.188 e. The maximum absolute atomic E-state index is 5.94. The van der Waals surface area contributed by atoms with Gasteiger partial charge in [0, 0.05) is 31.5 Å². The molecule has 0 spiro atoms. The number of nitrogens with one attached hydrogen (secondary N) is 1. The van der Waals surface area contributed by atoms with Crippen LogP contribution in [0.5, 0.6) is 0 Å². The van der Waals surface area contributed by atoms with Crippen molar-refractivity contribution in [2.75, 3.05) is 6.54 Å². The molecule has 0 saturated carbocycles. The maximum atomic E-state index is 5.94. The number of nitrogens with two attached hydrogens (primary N) is 1. The van der Waals surface area contributed by atoms with Crippen LogP contribution in [0.15, 0.2) is 23.5 Å². The minimum atomic E-state index is 0.383. The Kier molecular flexibility index (Phi) is 7.87. The van der Waals surface area contributed by atoms with Gasteiger partial charge in [-0.2, -0.15) is 5.10 Å². The molecular formula is C16H31N5. The fourth-order valence-corrected chi connectivity index (χ4v) is 2.24. The first-order valence-corrected chi connectivity index (χ1v) is 8.01. The largest absolute Gasteiger partial charge is 0.370 e. The summed E-state index contributed by atoms with van der Waals surface area (Å²) >= 11 is 0. The van der Waals surface area contributed by atoms with Crippen LogP contribution in [0.2, 0.25) is 0 Å². The lowest BCUT2D eigenvalue weighted by atomic mass is 10.0. The molecule has 5 heteroatoms. The van der Waals surface area contributed by atoms with Crippen LogP contribution in [0, 0.1) is 11.8 Å². The molecule has 0 aromatic carbocycles. The van der Waals surface area contributed by atoms with Crippen molar-refractivity contribution in [3.05, 3.63) is 18.5 Å². The van der Waals surface area contributed by atoms with E-state index in [4.69, 9.17) is 5.73 Å². The van der Waals surface area contributed by atoms with Crippen LogP contribution in [-0.2, 0) is 6.54 Å². The summed E-state index contributed by atoms with van der Waals surface area (Å²) in [6.45, 7) is 10.4. The van der Waals surface area contributed by atoms with Gasteiger partial charge < -0.3 is 11.1 Å².